The summed E-state index contributed by atoms with van der Waals surface area (Å²) in [6.45, 7) is 1.33. The van der Waals surface area contributed by atoms with Gasteiger partial charge in [0, 0.05) is 17.6 Å². The van der Waals surface area contributed by atoms with Crippen LogP contribution in [-0.4, -0.2) is 23.3 Å². The van der Waals surface area contributed by atoms with Crippen LogP contribution in [0.2, 0.25) is 0 Å². The average molecular weight is 459 g/mol. The molecule has 0 amide bonds. The Morgan fingerprint density at radius 3 is 2.23 bits per heavy atom. The van der Waals surface area contributed by atoms with Crippen LogP contribution in [0.25, 0.3) is 5.69 Å². The monoisotopic (exact) mass is 458 g/mol. The molecule has 1 aromatic heterocycles. The fourth-order valence-corrected chi connectivity index (χ4v) is 4.22. The van der Waals surface area contributed by atoms with Crippen molar-refractivity contribution in [3.8, 4) is 5.69 Å². The van der Waals surface area contributed by atoms with E-state index in [0.29, 0.717) is 0 Å². The van der Waals surface area contributed by atoms with Gasteiger partial charge in [0.15, 0.2) is 9.84 Å². The maximum absolute atomic E-state index is 14.3. The molecule has 0 saturated carbocycles. The Morgan fingerprint density at radius 1 is 1.15 bits per heavy atom. The number of sulfone groups is 1. The molecule has 0 aliphatic carbocycles. The minimum absolute atomic E-state index is 0.136. The Hall–Kier alpha value is -1.95. The Labute approximate surface area is 152 Å². The molecule has 0 aliphatic rings. The molecule has 0 N–H and O–H groups in total. The van der Waals surface area contributed by atoms with E-state index in [9.17, 15) is 35.6 Å². The van der Waals surface area contributed by atoms with Gasteiger partial charge in [-0.15, -0.1) is 0 Å². The first kappa shape index (κ1) is 20.4. The predicted molar refractivity (Wildman–Crippen MR) is 87.7 cm³/mol. The Balaban J connectivity index is 2.91. The van der Waals surface area contributed by atoms with Gasteiger partial charge in [-0.05, 0) is 28.1 Å². The van der Waals surface area contributed by atoms with Gasteiger partial charge in [0.1, 0.15) is 11.5 Å². The summed E-state index contributed by atoms with van der Waals surface area (Å²) >= 11 is 2.88. The smallest absolute Gasteiger partial charge is 0.292 e. The molecule has 26 heavy (non-hydrogen) atoms. The zero-order valence-corrected chi connectivity index (χ0v) is 15.7. The van der Waals surface area contributed by atoms with E-state index in [0.717, 1.165) is 19.2 Å². The summed E-state index contributed by atoms with van der Waals surface area (Å²) < 4.78 is 77.2. The third kappa shape index (κ3) is 3.47. The fourth-order valence-electron chi connectivity index (χ4n) is 2.20. The highest BCUT2D eigenvalue weighted by Gasteiger charge is 2.35. The van der Waals surface area contributed by atoms with E-state index in [2.05, 4.69) is 15.9 Å². The molecule has 1 heterocycles. The third-order valence-corrected chi connectivity index (χ3v) is 6.25. The van der Waals surface area contributed by atoms with Crippen molar-refractivity contribution < 1.29 is 26.0 Å². The number of nitrogens with zero attached hydrogens (tertiary/aromatic N) is 2. The summed E-state index contributed by atoms with van der Waals surface area (Å²) in [5, 5.41) is 0. The molecule has 0 atom stereocenters. The van der Waals surface area contributed by atoms with E-state index >= 15 is 0 Å². The van der Waals surface area contributed by atoms with Crippen molar-refractivity contribution in [3.05, 3.63) is 55.0 Å². The molecule has 142 valence electrons. The lowest BCUT2D eigenvalue weighted by molar-refractivity contribution is -0.144. The Morgan fingerprint density at radius 2 is 1.73 bits per heavy atom. The summed E-state index contributed by atoms with van der Waals surface area (Å²) in [6, 6.07) is 1.59. The van der Waals surface area contributed by atoms with E-state index in [1.165, 1.54) is 6.92 Å². The second-order valence-corrected chi connectivity index (χ2v) is 8.28. The van der Waals surface area contributed by atoms with E-state index in [-0.39, 0.29) is 25.4 Å². The molecule has 0 saturated heterocycles. The van der Waals surface area contributed by atoms with Gasteiger partial charge >= 0.3 is 11.9 Å². The van der Waals surface area contributed by atoms with Gasteiger partial charge in [0.05, 0.1) is 16.3 Å². The molecular weight excluding hydrogens is 448 g/mol. The largest absolute Gasteiger partial charge is 0.431 e. The van der Waals surface area contributed by atoms with Crippen LogP contribution in [0.15, 0.2) is 37.2 Å². The average Bonchev–Trinajstić information content (AvgIpc) is 2.51. The van der Waals surface area contributed by atoms with Gasteiger partial charge in [-0.1, -0.05) is 6.92 Å². The Kier molecular flexibility index (Phi) is 5.21. The highest BCUT2D eigenvalue weighted by Crippen LogP contribution is 2.29. The standard InChI is InChI=1S/C14H11BrF4N2O4S/c1-3-26(24,25)10-5-9(8(16)4-7(10)15)21-12(22)6-11(14(17,18)19)20(2)13(21)23/h4-6H,3H2,1-2H3. The number of aromatic nitrogens is 2. The first-order valence-electron chi connectivity index (χ1n) is 6.93. The van der Waals surface area contributed by atoms with Gasteiger partial charge in [0.2, 0.25) is 0 Å². The second kappa shape index (κ2) is 6.65. The molecule has 1 aromatic carbocycles. The molecule has 0 aliphatic heterocycles. The van der Waals surface area contributed by atoms with Crippen molar-refractivity contribution in [2.45, 2.75) is 18.0 Å². The molecule has 0 fully saturated rings. The van der Waals surface area contributed by atoms with Crippen LogP contribution in [-0.2, 0) is 23.1 Å². The van der Waals surface area contributed by atoms with Gasteiger partial charge in [-0.2, -0.15) is 13.2 Å². The van der Waals surface area contributed by atoms with E-state index in [4.69, 9.17) is 0 Å². The first-order valence-corrected chi connectivity index (χ1v) is 9.38. The maximum Gasteiger partial charge on any atom is 0.431 e. The molecule has 2 rings (SSSR count). The van der Waals surface area contributed by atoms with Crippen LogP contribution in [0.4, 0.5) is 17.6 Å². The normalized spacial score (nSPS) is 12.4. The molecule has 2 aromatic rings. The van der Waals surface area contributed by atoms with E-state index in [1.807, 2.05) is 0 Å². The second-order valence-electron chi connectivity index (χ2n) is 5.18. The van der Waals surface area contributed by atoms with Crippen molar-refractivity contribution in [1.82, 2.24) is 9.13 Å². The lowest BCUT2D eigenvalue weighted by atomic mass is 10.3. The SMILES string of the molecule is CCS(=O)(=O)c1cc(-n2c(=O)cc(C(F)(F)F)n(C)c2=O)c(F)cc1Br. The van der Waals surface area contributed by atoms with Gasteiger partial charge in [-0.3, -0.25) is 9.36 Å². The van der Waals surface area contributed by atoms with E-state index < -0.39 is 49.4 Å². The molecule has 0 spiro atoms. The molecule has 0 unspecified atom stereocenters. The summed E-state index contributed by atoms with van der Waals surface area (Å²) in [5.41, 5.74) is -5.19. The van der Waals surface area contributed by atoms with Gasteiger partial charge in [-0.25, -0.2) is 22.2 Å². The van der Waals surface area contributed by atoms with Gasteiger partial charge < -0.3 is 0 Å². The quantitative estimate of drug-likeness (QED) is 0.521. The number of hydrogen-bond acceptors (Lipinski definition) is 4. The van der Waals surface area contributed by atoms with Crippen molar-refractivity contribution in [2.75, 3.05) is 5.75 Å². The number of hydrogen-bond donors (Lipinski definition) is 0. The van der Waals surface area contributed by atoms with Crippen LogP contribution in [0.3, 0.4) is 0 Å². The highest BCUT2D eigenvalue weighted by atomic mass is 79.9. The van der Waals surface area contributed by atoms with Crippen LogP contribution in [0.1, 0.15) is 12.6 Å². The van der Waals surface area contributed by atoms with Crippen molar-refractivity contribution >= 4 is 25.8 Å². The summed E-state index contributed by atoms with van der Waals surface area (Å²) in [7, 11) is -3.10. The van der Waals surface area contributed by atoms with Crippen LogP contribution in [0, 0.1) is 5.82 Å². The van der Waals surface area contributed by atoms with Crippen molar-refractivity contribution in [1.29, 1.82) is 0 Å². The third-order valence-electron chi connectivity index (χ3n) is 3.57. The van der Waals surface area contributed by atoms with Crippen LogP contribution < -0.4 is 11.2 Å². The predicted octanol–water partition coefficient (Wildman–Crippen LogP) is 2.25. The number of rotatable bonds is 3. The molecular formula is C14H11BrF4N2O4S. The first-order chi connectivity index (χ1) is 11.8. The van der Waals surface area contributed by atoms with Crippen LogP contribution >= 0.6 is 15.9 Å². The Bertz CT molecular complexity index is 1100. The molecule has 0 radical (unpaired) electrons. The summed E-state index contributed by atoms with van der Waals surface area (Å²) in [4.78, 5) is 23.9. The summed E-state index contributed by atoms with van der Waals surface area (Å²) in [6.07, 6.45) is -4.97. The minimum Gasteiger partial charge on any atom is -0.292 e. The van der Waals surface area contributed by atoms with Crippen molar-refractivity contribution in [2.24, 2.45) is 7.05 Å². The molecule has 12 heteroatoms. The maximum atomic E-state index is 14.3. The minimum atomic E-state index is -4.97. The lowest BCUT2D eigenvalue weighted by Crippen LogP contribution is -2.41. The summed E-state index contributed by atoms with van der Waals surface area (Å²) in [5.74, 6) is -1.51. The van der Waals surface area contributed by atoms with E-state index in [1.54, 1.807) is 0 Å². The van der Waals surface area contributed by atoms with Crippen molar-refractivity contribution in [3.63, 3.8) is 0 Å². The van der Waals surface area contributed by atoms with Gasteiger partial charge in [0.25, 0.3) is 5.56 Å². The highest BCUT2D eigenvalue weighted by molar-refractivity contribution is 9.10. The number of halogens is 5. The zero-order valence-electron chi connectivity index (χ0n) is 13.3. The molecule has 0 bridgehead atoms. The topological polar surface area (TPSA) is 78.1 Å². The fraction of sp³-hybridized carbons (Fsp3) is 0.286. The molecule has 6 nitrogen and oxygen atoms in total. The number of alkyl halides is 3. The lowest BCUT2D eigenvalue weighted by Gasteiger charge is -2.15. The van der Waals surface area contributed by atoms with Crippen LogP contribution in [0.5, 0.6) is 0 Å². The number of benzene rings is 1. The zero-order chi connectivity index (χ0) is 20.0.